The number of likely N-dealkylation sites (N-methyl/N-ethyl adjacent to an activating group) is 1. The number of fused-ring (bicyclic) bond motifs is 3. The summed E-state index contributed by atoms with van der Waals surface area (Å²) in [4.78, 5) is 32.9. The fourth-order valence-corrected chi connectivity index (χ4v) is 5.87. The summed E-state index contributed by atoms with van der Waals surface area (Å²) in [5.41, 5.74) is 2.26. The van der Waals surface area contributed by atoms with Gasteiger partial charge in [0, 0.05) is 42.4 Å². The van der Waals surface area contributed by atoms with E-state index >= 15 is 0 Å². The summed E-state index contributed by atoms with van der Waals surface area (Å²) in [5.74, 6) is -0.618. The Morgan fingerprint density at radius 2 is 1.57 bits per heavy atom. The van der Waals surface area contributed by atoms with Gasteiger partial charge >= 0.3 is 5.97 Å². The van der Waals surface area contributed by atoms with Gasteiger partial charge < -0.3 is 29.0 Å². The first-order valence-electron chi connectivity index (χ1n) is 12.4. The number of carbonyl (C=O) groups excluding carboxylic acids is 3. The Hall–Kier alpha value is -3.81. The maximum absolute atomic E-state index is 13.5. The van der Waals surface area contributed by atoms with Crippen LogP contribution in [-0.2, 0) is 24.7 Å². The molecule has 5 rings (SSSR count). The summed E-state index contributed by atoms with van der Waals surface area (Å²) in [5, 5.41) is 20.0. The predicted octanol–water partition coefficient (Wildman–Crippen LogP) is 2.75. The normalized spacial score (nSPS) is 21.5. The summed E-state index contributed by atoms with van der Waals surface area (Å²) in [6, 6.07) is 25.4. The number of quaternary nitrogens is 1. The van der Waals surface area contributed by atoms with Crippen LogP contribution in [0.3, 0.4) is 0 Å². The Labute approximate surface area is 216 Å². The quantitative estimate of drug-likeness (QED) is 0.303. The lowest BCUT2D eigenvalue weighted by Gasteiger charge is -2.38. The molecular weight excluding hydrogens is 470 g/mol. The average Bonchev–Trinajstić information content (AvgIpc) is 3.42. The third-order valence-electron chi connectivity index (χ3n) is 7.57. The van der Waals surface area contributed by atoms with Gasteiger partial charge in [-0.15, -0.1) is 0 Å². The van der Waals surface area contributed by atoms with E-state index in [1.807, 2.05) is 54.6 Å². The minimum atomic E-state index is -1.81. The van der Waals surface area contributed by atoms with Crippen molar-refractivity contribution in [3.05, 3.63) is 95.6 Å². The van der Waals surface area contributed by atoms with Crippen LogP contribution in [0.5, 0.6) is 0 Å². The Kier molecular flexibility index (Phi) is 7.86. The molecule has 1 N–H and O–H groups in total. The summed E-state index contributed by atoms with van der Waals surface area (Å²) < 4.78 is 6.72. The second kappa shape index (κ2) is 11.1. The first-order valence-corrected chi connectivity index (χ1v) is 12.4. The number of carboxylic acid groups (broad SMARTS) is 1. The molecule has 1 aliphatic heterocycles. The van der Waals surface area contributed by atoms with Crippen molar-refractivity contribution in [1.82, 2.24) is 0 Å². The van der Waals surface area contributed by atoms with Crippen molar-refractivity contribution >= 4 is 18.7 Å². The monoisotopic (exact) mass is 501 g/mol. The number of benzene rings is 3. The molecule has 192 valence electrons. The second-order valence-electron chi connectivity index (χ2n) is 9.77. The zero-order valence-corrected chi connectivity index (χ0v) is 20.8. The molecule has 3 aromatic rings. The van der Waals surface area contributed by atoms with E-state index in [-0.39, 0.29) is 12.1 Å². The molecular formula is C30H31NO6. The maximum Gasteiger partial charge on any atom is 0.348 e. The Morgan fingerprint density at radius 3 is 2.14 bits per heavy atom. The number of nitrogens with zero attached hydrogens (tertiary/aromatic N) is 1. The predicted molar refractivity (Wildman–Crippen MR) is 136 cm³/mol. The molecule has 3 aromatic carbocycles. The molecule has 7 heteroatoms. The second-order valence-corrected chi connectivity index (χ2v) is 9.77. The fourth-order valence-electron chi connectivity index (χ4n) is 5.87. The lowest BCUT2D eigenvalue weighted by molar-refractivity contribution is -0.929. The van der Waals surface area contributed by atoms with Crippen molar-refractivity contribution in [3.63, 3.8) is 0 Å². The van der Waals surface area contributed by atoms with Crippen LogP contribution in [0.15, 0.2) is 78.9 Å². The standard InChI is InChI=1S/C29H30NO4.CH2O2/c1-30(27(16-9-19-31)21-10-3-2-4-11-21)18-17-22(20-30)34-28(32)29(33)25-14-7-5-12-23(25)24-13-6-8-15-26(24)29;2-1-3/h2-8,10-15,19,22,27,33H,9,16-18,20H2,1H3;1H,(H,2,3)/q+1;/p-1/t22-,27?,30?;/m1./s1. The Bertz CT molecular complexity index is 1210. The van der Waals surface area contributed by atoms with Gasteiger partial charge in [-0.25, -0.2) is 4.79 Å². The van der Waals surface area contributed by atoms with Crippen LogP contribution in [0, 0.1) is 0 Å². The molecule has 3 atom stereocenters. The maximum atomic E-state index is 13.5. The van der Waals surface area contributed by atoms with Crippen LogP contribution in [0.25, 0.3) is 11.1 Å². The average molecular weight is 502 g/mol. The van der Waals surface area contributed by atoms with Crippen LogP contribution < -0.4 is 5.11 Å². The van der Waals surface area contributed by atoms with Crippen molar-refractivity contribution in [3.8, 4) is 11.1 Å². The van der Waals surface area contributed by atoms with Crippen LogP contribution >= 0.6 is 0 Å². The van der Waals surface area contributed by atoms with Gasteiger partial charge in [0.05, 0.1) is 13.6 Å². The number of aldehydes is 1. The molecule has 2 aliphatic rings. The van der Waals surface area contributed by atoms with E-state index in [2.05, 4.69) is 19.2 Å². The van der Waals surface area contributed by atoms with E-state index in [9.17, 15) is 14.7 Å². The number of ether oxygens (including phenoxy) is 1. The van der Waals surface area contributed by atoms with Gasteiger partial charge in [0.15, 0.2) is 6.10 Å². The number of hydrogen-bond acceptors (Lipinski definition) is 6. The molecule has 2 unspecified atom stereocenters. The van der Waals surface area contributed by atoms with Crippen LogP contribution in [0.4, 0.5) is 0 Å². The molecule has 0 radical (unpaired) electrons. The van der Waals surface area contributed by atoms with E-state index < -0.39 is 18.0 Å². The largest absolute Gasteiger partial charge is 0.554 e. The molecule has 0 amide bonds. The van der Waals surface area contributed by atoms with Gasteiger partial charge in [0.25, 0.3) is 0 Å². The number of aliphatic hydroxyl groups is 1. The zero-order chi connectivity index (χ0) is 26.5. The highest BCUT2D eigenvalue weighted by Gasteiger charge is 2.51. The molecule has 0 bridgehead atoms. The number of likely N-dealkylation sites (tertiary alicyclic amines) is 1. The van der Waals surface area contributed by atoms with Gasteiger partial charge in [0.1, 0.15) is 18.9 Å². The van der Waals surface area contributed by atoms with E-state index in [4.69, 9.17) is 14.6 Å². The lowest BCUT2D eigenvalue weighted by Crippen LogP contribution is -2.46. The van der Waals surface area contributed by atoms with Crippen molar-refractivity contribution in [2.75, 3.05) is 20.1 Å². The van der Waals surface area contributed by atoms with Crippen LogP contribution in [0.1, 0.15) is 42.0 Å². The molecule has 1 fully saturated rings. The molecule has 1 saturated heterocycles. The molecule has 7 nitrogen and oxygen atoms in total. The number of hydrogen-bond donors (Lipinski definition) is 1. The van der Waals surface area contributed by atoms with Gasteiger partial charge in [0.2, 0.25) is 5.60 Å². The summed E-state index contributed by atoms with van der Waals surface area (Å²) in [6.07, 6.45) is 2.62. The van der Waals surface area contributed by atoms with E-state index in [1.54, 1.807) is 12.1 Å². The fraction of sp³-hybridized carbons (Fsp3) is 0.300. The number of rotatable bonds is 7. The molecule has 1 heterocycles. The van der Waals surface area contributed by atoms with Gasteiger partial charge in [-0.05, 0) is 11.1 Å². The summed E-state index contributed by atoms with van der Waals surface area (Å²) in [7, 11) is 2.17. The highest BCUT2D eigenvalue weighted by Crippen LogP contribution is 2.48. The first kappa shape index (κ1) is 26.3. The van der Waals surface area contributed by atoms with Crippen molar-refractivity contribution in [2.45, 2.75) is 37.0 Å². The first-order chi connectivity index (χ1) is 17.9. The molecule has 1 aliphatic carbocycles. The highest BCUT2D eigenvalue weighted by atomic mass is 16.6. The number of carbonyl (C=O) groups is 3. The van der Waals surface area contributed by atoms with Crippen molar-refractivity contribution < 1.29 is 33.8 Å². The van der Waals surface area contributed by atoms with E-state index in [0.29, 0.717) is 35.0 Å². The molecule has 0 aromatic heterocycles. The van der Waals surface area contributed by atoms with E-state index in [1.165, 1.54) is 5.56 Å². The van der Waals surface area contributed by atoms with Crippen LogP contribution in [-0.4, -0.2) is 54.6 Å². The van der Waals surface area contributed by atoms with Gasteiger partial charge in [-0.3, -0.25) is 0 Å². The number of esters is 1. The third-order valence-corrected chi connectivity index (χ3v) is 7.57. The molecule has 0 saturated carbocycles. The minimum Gasteiger partial charge on any atom is -0.554 e. The lowest BCUT2D eigenvalue weighted by atomic mass is 9.91. The third kappa shape index (κ3) is 4.92. The zero-order valence-electron chi connectivity index (χ0n) is 20.8. The summed E-state index contributed by atoms with van der Waals surface area (Å²) in [6.45, 7) is 0.978. The Balaban J connectivity index is 0.00000102. The van der Waals surface area contributed by atoms with Crippen molar-refractivity contribution in [2.24, 2.45) is 0 Å². The van der Waals surface area contributed by atoms with Crippen molar-refractivity contribution in [1.29, 1.82) is 0 Å². The molecule has 0 spiro atoms. The topological polar surface area (TPSA) is 104 Å². The smallest absolute Gasteiger partial charge is 0.348 e. The molecule has 37 heavy (non-hydrogen) atoms. The van der Waals surface area contributed by atoms with Gasteiger partial charge in [-0.1, -0.05) is 78.9 Å². The van der Waals surface area contributed by atoms with E-state index in [0.717, 1.165) is 30.4 Å². The SMILES string of the molecule is C[N+]1(C(CCC=O)c2ccccc2)CC[C@@H](OC(=O)C2(O)c3ccccc3-c3ccccc32)C1.O=C[O-]. The van der Waals surface area contributed by atoms with Crippen LogP contribution in [0.2, 0.25) is 0 Å². The highest BCUT2D eigenvalue weighted by molar-refractivity contribution is 5.96. The Morgan fingerprint density at radius 1 is 1.03 bits per heavy atom. The summed E-state index contributed by atoms with van der Waals surface area (Å²) >= 11 is 0. The minimum absolute atomic E-state index is 0.145. The van der Waals surface area contributed by atoms with Gasteiger partial charge in [-0.2, -0.15) is 0 Å².